The molecule has 0 aliphatic rings. The third-order valence-corrected chi connectivity index (χ3v) is 4.04. The lowest BCUT2D eigenvalue weighted by Crippen LogP contribution is -2.37. The lowest BCUT2D eigenvalue weighted by atomic mass is 10.2. The molecule has 1 aromatic heterocycles. The van der Waals surface area contributed by atoms with Crippen molar-refractivity contribution < 1.29 is 4.74 Å². The van der Waals surface area contributed by atoms with Gasteiger partial charge in [0.15, 0.2) is 5.96 Å². The van der Waals surface area contributed by atoms with Crippen LogP contribution >= 0.6 is 24.0 Å². The number of guanidine groups is 1. The van der Waals surface area contributed by atoms with Gasteiger partial charge < -0.3 is 19.9 Å². The lowest BCUT2D eigenvalue weighted by Gasteiger charge is -2.13. The Bertz CT molecular complexity index is 777. The number of nitrogens with one attached hydrogen (secondary N) is 2. The minimum atomic E-state index is 0. The second-order valence-corrected chi connectivity index (χ2v) is 6.10. The largest absolute Gasteiger partial charge is 0.494 e. The smallest absolute Gasteiger partial charge is 0.250 e. The quantitative estimate of drug-likeness (QED) is 0.228. The molecule has 7 heteroatoms. The van der Waals surface area contributed by atoms with Gasteiger partial charge >= 0.3 is 0 Å². The third kappa shape index (κ3) is 8.33. The summed E-state index contributed by atoms with van der Waals surface area (Å²) in [4.78, 5) is 16.3. The van der Waals surface area contributed by atoms with Crippen LogP contribution in [0.1, 0.15) is 32.3 Å². The molecule has 0 spiro atoms. The van der Waals surface area contributed by atoms with Gasteiger partial charge in [-0.25, -0.2) is 4.99 Å². The predicted molar refractivity (Wildman–Crippen MR) is 126 cm³/mol. The summed E-state index contributed by atoms with van der Waals surface area (Å²) < 4.78 is 7.40. The Morgan fingerprint density at radius 3 is 2.61 bits per heavy atom. The van der Waals surface area contributed by atoms with Crippen LogP contribution in [0.15, 0.2) is 58.4 Å². The number of unbranched alkanes of at least 4 members (excludes halogenated alkanes) is 1. The van der Waals surface area contributed by atoms with Crippen LogP contribution in [0.25, 0.3) is 0 Å². The van der Waals surface area contributed by atoms with Crippen molar-refractivity contribution in [2.24, 2.45) is 4.99 Å². The van der Waals surface area contributed by atoms with Crippen LogP contribution in [0.3, 0.4) is 0 Å². The number of nitrogens with zero attached hydrogens (tertiary/aromatic N) is 2. The summed E-state index contributed by atoms with van der Waals surface area (Å²) in [6, 6.07) is 13.2. The Labute approximate surface area is 184 Å². The van der Waals surface area contributed by atoms with Crippen LogP contribution in [-0.4, -0.2) is 30.2 Å². The van der Waals surface area contributed by atoms with E-state index in [1.807, 2.05) is 50.4 Å². The Morgan fingerprint density at radius 2 is 1.86 bits per heavy atom. The first-order valence-electron chi connectivity index (χ1n) is 9.63. The maximum atomic E-state index is 11.7. The van der Waals surface area contributed by atoms with Crippen LogP contribution in [0, 0.1) is 0 Å². The molecule has 2 aromatic rings. The maximum absolute atomic E-state index is 11.7. The number of aryl methyl sites for hydroxylation is 1. The SMILES string of the molecule is CCNC(=NCc1ccccc1OCC)NCCCCn1ccccc1=O.I. The molecule has 0 fully saturated rings. The van der Waals surface area contributed by atoms with Crippen molar-refractivity contribution in [2.45, 2.75) is 39.8 Å². The van der Waals surface area contributed by atoms with E-state index in [1.165, 1.54) is 0 Å². The number of benzene rings is 1. The van der Waals surface area contributed by atoms with Crippen LogP contribution in [-0.2, 0) is 13.1 Å². The molecular formula is C21H31IN4O2. The molecule has 2 N–H and O–H groups in total. The average Bonchev–Trinajstić information content (AvgIpc) is 2.68. The number of aliphatic imine (C=N–C) groups is 1. The second kappa shape index (κ2) is 14.0. The molecule has 0 unspecified atom stereocenters. The van der Waals surface area contributed by atoms with Crippen molar-refractivity contribution in [1.29, 1.82) is 0 Å². The molecule has 0 amide bonds. The molecule has 2 rings (SSSR count). The number of rotatable bonds is 10. The molecular weight excluding hydrogens is 467 g/mol. The normalized spacial score (nSPS) is 10.9. The van der Waals surface area contributed by atoms with Crippen LogP contribution in [0.4, 0.5) is 0 Å². The first kappa shape index (κ1) is 24.0. The van der Waals surface area contributed by atoms with Gasteiger partial charge in [0.1, 0.15) is 5.75 Å². The Balaban J connectivity index is 0.00000392. The predicted octanol–water partition coefficient (Wildman–Crippen LogP) is 3.40. The van der Waals surface area contributed by atoms with Gasteiger partial charge in [0, 0.05) is 37.5 Å². The number of para-hydroxylation sites is 1. The van der Waals surface area contributed by atoms with Gasteiger partial charge in [-0.3, -0.25) is 4.79 Å². The molecule has 0 bridgehead atoms. The second-order valence-electron chi connectivity index (χ2n) is 6.10. The molecule has 0 radical (unpaired) electrons. The van der Waals surface area contributed by atoms with Crippen molar-refractivity contribution in [3.05, 3.63) is 64.6 Å². The summed E-state index contributed by atoms with van der Waals surface area (Å²) in [6.07, 6.45) is 3.72. The minimum absolute atomic E-state index is 0. The van der Waals surface area contributed by atoms with E-state index in [0.29, 0.717) is 13.2 Å². The van der Waals surface area contributed by atoms with Crippen LogP contribution in [0.2, 0.25) is 0 Å². The molecule has 0 aliphatic carbocycles. The molecule has 0 atom stereocenters. The lowest BCUT2D eigenvalue weighted by molar-refractivity contribution is 0.336. The molecule has 1 aromatic carbocycles. The highest BCUT2D eigenvalue weighted by Gasteiger charge is 2.03. The molecule has 28 heavy (non-hydrogen) atoms. The number of aromatic nitrogens is 1. The standard InChI is InChI=1S/C21H30N4O2.HI/c1-3-22-21(24-17-18-11-5-6-12-19(18)27-4-2)23-14-8-10-16-25-15-9-7-13-20(25)26;/h5-7,9,11-13,15H,3-4,8,10,14,16-17H2,1-2H3,(H2,22,23,24);1H. The van der Waals surface area contributed by atoms with Crippen LogP contribution in [0.5, 0.6) is 5.75 Å². The zero-order valence-corrected chi connectivity index (χ0v) is 19.0. The van der Waals surface area contributed by atoms with Gasteiger partial charge in [-0.2, -0.15) is 0 Å². The maximum Gasteiger partial charge on any atom is 0.250 e. The average molecular weight is 498 g/mol. The van der Waals surface area contributed by atoms with Gasteiger partial charge in [-0.15, -0.1) is 24.0 Å². The molecule has 0 aliphatic heterocycles. The van der Waals surface area contributed by atoms with Crippen molar-refractivity contribution in [1.82, 2.24) is 15.2 Å². The van der Waals surface area contributed by atoms with Gasteiger partial charge in [-0.05, 0) is 38.8 Å². The van der Waals surface area contributed by atoms with Gasteiger partial charge in [0.05, 0.1) is 13.2 Å². The zero-order chi connectivity index (χ0) is 19.3. The first-order chi connectivity index (χ1) is 13.2. The monoisotopic (exact) mass is 498 g/mol. The summed E-state index contributed by atoms with van der Waals surface area (Å²) >= 11 is 0. The van der Waals surface area contributed by atoms with Crippen molar-refractivity contribution in [3.63, 3.8) is 0 Å². The summed E-state index contributed by atoms with van der Waals surface area (Å²) in [6.45, 7) is 7.58. The molecule has 1 heterocycles. The van der Waals surface area contributed by atoms with E-state index < -0.39 is 0 Å². The fourth-order valence-electron chi connectivity index (χ4n) is 2.70. The van der Waals surface area contributed by atoms with E-state index in [1.54, 1.807) is 16.7 Å². The molecule has 6 nitrogen and oxygen atoms in total. The van der Waals surface area contributed by atoms with E-state index in [-0.39, 0.29) is 29.5 Å². The fourth-order valence-corrected chi connectivity index (χ4v) is 2.70. The number of ether oxygens (including phenoxy) is 1. The van der Waals surface area contributed by atoms with E-state index in [2.05, 4.69) is 15.6 Å². The van der Waals surface area contributed by atoms with Crippen molar-refractivity contribution >= 4 is 29.9 Å². The van der Waals surface area contributed by atoms with Gasteiger partial charge in [0.25, 0.3) is 0 Å². The summed E-state index contributed by atoms with van der Waals surface area (Å²) in [7, 11) is 0. The van der Waals surface area contributed by atoms with E-state index in [4.69, 9.17) is 4.74 Å². The summed E-state index contributed by atoms with van der Waals surface area (Å²) in [5.41, 5.74) is 1.12. The Hall–Kier alpha value is -2.03. The zero-order valence-electron chi connectivity index (χ0n) is 16.7. The highest BCUT2D eigenvalue weighted by atomic mass is 127. The minimum Gasteiger partial charge on any atom is -0.494 e. The summed E-state index contributed by atoms with van der Waals surface area (Å²) in [5, 5.41) is 6.62. The highest BCUT2D eigenvalue weighted by Crippen LogP contribution is 2.18. The highest BCUT2D eigenvalue weighted by molar-refractivity contribution is 14.0. The van der Waals surface area contributed by atoms with Crippen molar-refractivity contribution in [3.8, 4) is 5.75 Å². The molecule has 154 valence electrons. The number of hydrogen-bond acceptors (Lipinski definition) is 3. The summed E-state index contributed by atoms with van der Waals surface area (Å²) in [5.74, 6) is 1.67. The Kier molecular flexibility index (Phi) is 12.0. The number of hydrogen-bond donors (Lipinski definition) is 2. The van der Waals surface area contributed by atoms with Crippen LogP contribution < -0.4 is 20.9 Å². The van der Waals surface area contributed by atoms with E-state index in [9.17, 15) is 4.79 Å². The topological polar surface area (TPSA) is 67.7 Å². The fraction of sp³-hybridized carbons (Fsp3) is 0.429. The first-order valence-corrected chi connectivity index (χ1v) is 9.63. The third-order valence-electron chi connectivity index (χ3n) is 4.04. The van der Waals surface area contributed by atoms with E-state index >= 15 is 0 Å². The molecule has 0 saturated heterocycles. The van der Waals surface area contributed by atoms with Crippen molar-refractivity contribution in [2.75, 3.05) is 19.7 Å². The number of pyridine rings is 1. The molecule has 0 saturated carbocycles. The van der Waals surface area contributed by atoms with Gasteiger partial charge in [0.2, 0.25) is 5.56 Å². The van der Waals surface area contributed by atoms with Gasteiger partial charge in [-0.1, -0.05) is 24.3 Å². The number of halogens is 1. The van der Waals surface area contributed by atoms with E-state index in [0.717, 1.165) is 49.7 Å². The Morgan fingerprint density at radius 1 is 1.07 bits per heavy atom.